The minimum Gasteiger partial charge on any atom is -0.330 e. The highest BCUT2D eigenvalue weighted by Gasteiger charge is 2.25. The minimum atomic E-state index is 0.0692. The zero-order valence-corrected chi connectivity index (χ0v) is 13.0. The number of rotatable bonds is 3. The smallest absolute Gasteiger partial charge is 0.227 e. The molecule has 1 saturated carbocycles. The summed E-state index contributed by atoms with van der Waals surface area (Å²) >= 11 is 9.44. The summed E-state index contributed by atoms with van der Waals surface area (Å²) in [7, 11) is 0. The Bertz CT molecular complexity index is 459. The molecule has 0 unspecified atom stereocenters. The van der Waals surface area contributed by atoms with Gasteiger partial charge < -0.3 is 11.1 Å². The monoisotopic (exact) mass is 344 g/mol. The zero-order valence-electron chi connectivity index (χ0n) is 10.7. The van der Waals surface area contributed by atoms with E-state index in [9.17, 15) is 4.79 Å². The average Bonchev–Trinajstić information content (AvgIpc) is 2.42. The quantitative estimate of drug-likeness (QED) is 0.875. The van der Waals surface area contributed by atoms with E-state index in [1.54, 1.807) is 6.07 Å². The van der Waals surface area contributed by atoms with Gasteiger partial charge in [-0.2, -0.15) is 0 Å². The van der Waals surface area contributed by atoms with Crippen molar-refractivity contribution < 1.29 is 4.79 Å². The molecule has 0 aromatic heterocycles. The summed E-state index contributed by atoms with van der Waals surface area (Å²) in [5.41, 5.74) is 6.34. The first-order valence-electron chi connectivity index (χ1n) is 6.56. The van der Waals surface area contributed by atoms with Crippen LogP contribution in [0, 0.1) is 11.8 Å². The molecule has 19 heavy (non-hydrogen) atoms. The lowest BCUT2D eigenvalue weighted by atomic mass is 9.81. The summed E-state index contributed by atoms with van der Waals surface area (Å²) in [5, 5.41) is 3.47. The third-order valence-electron chi connectivity index (χ3n) is 3.74. The molecule has 0 aliphatic heterocycles. The summed E-state index contributed by atoms with van der Waals surface area (Å²) in [6.07, 6.45) is 3.93. The van der Waals surface area contributed by atoms with Crippen LogP contribution in [0.1, 0.15) is 25.7 Å². The molecule has 1 fully saturated rings. The van der Waals surface area contributed by atoms with Gasteiger partial charge >= 0.3 is 0 Å². The standard InChI is InChI=1S/C14H18BrClN2O/c15-11-5-6-13(12(16)7-11)18-14(19)10-3-1-9(8-17)2-4-10/h5-7,9-10H,1-4,8,17H2,(H,18,19). The van der Waals surface area contributed by atoms with Crippen LogP contribution >= 0.6 is 27.5 Å². The molecule has 1 aromatic carbocycles. The third kappa shape index (κ3) is 3.94. The van der Waals surface area contributed by atoms with Crippen LogP contribution in [0.5, 0.6) is 0 Å². The van der Waals surface area contributed by atoms with E-state index < -0.39 is 0 Å². The summed E-state index contributed by atoms with van der Waals surface area (Å²) in [6, 6.07) is 5.46. The van der Waals surface area contributed by atoms with Gasteiger partial charge in [-0.05, 0) is 56.3 Å². The minimum absolute atomic E-state index is 0.0692. The van der Waals surface area contributed by atoms with Gasteiger partial charge in [0.05, 0.1) is 10.7 Å². The zero-order chi connectivity index (χ0) is 13.8. The van der Waals surface area contributed by atoms with Crippen molar-refractivity contribution in [3.05, 3.63) is 27.7 Å². The van der Waals surface area contributed by atoms with Crippen LogP contribution in [0.25, 0.3) is 0 Å². The molecule has 3 nitrogen and oxygen atoms in total. The fourth-order valence-corrected chi connectivity index (χ4v) is 3.21. The molecule has 2 rings (SSSR count). The number of nitrogens with two attached hydrogens (primary N) is 1. The van der Waals surface area contributed by atoms with E-state index in [4.69, 9.17) is 17.3 Å². The molecule has 0 spiro atoms. The van der Waals surface area contributed by atoms with Crippen molar-refractivity contribution in [2.45, 2.75) is 25.7 Å². The lowest BCUT2D eigenvalue weighted by Crippen LogP contribution is -2.29. The number of anilines is 1. The van der Waals surface area contributed by atoms with Crippen LogP contribution in [-0.4, -0.2) is 12.5 Å². The SMILES string of the molecule is NCC1CCC(C(=O)Nc2ccc(Br)cc2Cl)CC1. The molecule has 0 radical (unpaired) electrons. The Morgan fingerprint density at radius 1 is 1.37 bits per heavy atom. The van der Waals surface area contributed by atoms with Crippen molar-refractivity contribution in [3.8, 4) is 0 Å². The van der Waals surface area contributed by atoms with Gasteiger partial charge in [0.1, 0.15) is 0 Å². The maximum absolute atomic E-state index is 12.2. The van der Waals surface area contributed by atoms with Gasteiger partial charge in [0.25, 0.3) is 0 Å². The van der Waals surface area contributed by atoms with E-state index in [-0.39, 0.29) is 11.8 Å². The summed E-state index contributed by atoms with van der Waals surface area (Å²) in [4.78, 5) is 12.2. The number of amides is 1. The molecule has 0 bridgehead atoms. The van der Waals surface area contributed by atoms with Crippen molar-refractivity contribution in [1.82, 2.24) is 0 Å². The second kappa shape index (κ2) is 6.73. The summed E-state index contributed by atoms with van der Waals surface area (Å²) < 4.78 is 0.902. The van der Waals surface area contributed by atoms with Crippen molar-refractivity contribution in [2.24, 2.45) is 17.6 Å². The van der Waals surface area contributed by atoms with Gasteiger partial charge in [0, 0.05) is 10.4 Å². The van der Waals surface area contributed by atoms with Crippen molar-refractivity contribution in [2.75, 3.05) is 11.9 Å². The van der Waals surface area contributed by atoms with Gasteiger partial charge in [-0.15, -0.1) is 0 Å². The summed E-state index contributed by atoms with van der Waals surface area (Å²) in [6.45, 7) is 0.729. The Hall–Kier alpha value is -0.580. The molecule has 3 N–H and O–H groups in total. The Morgan fingerprint density at radius 2 is 2.05 bits per heavy atom. The Labute approximate surface area is 127 Å². The molecular weight excluding hydrogens is 328 g/mol. The number of carbonyl (C=O) groups excluding carboxylic acids is 1. The van der Waals surface area contributed by atoms with E-state index in [1.807, 2.05) is 12.1 Å². The lowest BCUT2D eigenvalue weighted by molar-refractivity contribution is -0.121. The number of benzene rings is 1. The highest BCUT2D eigenvalue weighted by atomic mass is 79.9. The van der Waals surface area contributed by atoms with Crippen molar-refractivity contribution in [1.29, 1.82) is 0 Å². The predicted molar refractivity (Wildman–Crippen MR) is 82.3 cm³/mol. The van der Waals surface area contributed by atoms with Gasteiger partial charge in [0.15, 0.2) is 0 Å². The first-order valence-corrected chi connectivity index (χ1v) is 7.73. The number of hydrogen-bond donors (Lipinski definition) is 2. The molecule has 1 aliphatic carbocycles. The molecule has 1 aliphatic rings. The second-order valence-corrected chi connectivity index (χ2v) is 6.39. The maximum atomic E-state index is 12.2. The van der Waals surface area contributed by atoms with Crippen LogP contribution in [0.2, 0.25) is 5.02 Å². The van der Waals surface area contributed by atoms with E-state index >= 15 is 0 Å². The highest BCUT2D eigenvalue weighted by Crippen LogP contribution is 2.31. The summed E-state index contributed by atoms with van der Waals surface area (Å²) in [5.74, 6) is 0.738. The van der Waals surface area contributed by atoms with Crippen molar-refractivity contribution in [3.63, 3.8) is 0 Å². The largest absolute Gasteiger partial charge is 0.330 e. The van der Waals surface area contributed by atoms with E-state index in [1.165, 1.54) is 0 Å². The number of carbonyl (C=O) groups is 1. The van der Waals surface area contributed by atoms with Gasteiger partial charge in [0.2, 0.25) is 5.91 Å². The van der Waals surface area contributed by atoms with Crippen molar-refractivity contribution >= 4 is 39.1 Å². The molecule has 0 saturated heterocycles. The normalized spacial score (nSPS) is 23.1. The molecule has 104 valence electrons. The highest BCUT2D eigenvalue weighted by molar-refractivity contribution is 9.10. The number of hydrogen-bond acceptors (Lipinski definition) is 2. The van der Waals surface area contributed by atoms with Crippen LogP contribution in [0.15, 0.2) is 22.7 Å². The molecule has 0 atom stereocenters. The van der Waals surface area contributed by atoms with Gasteiger partial charge in [-0.1, -0.05) is 27.5 Å². The van der Waals surface area contributed by atoms with Gasteiger partial charge in [-0.3, -0.25) is 4.79 Å². The maximum Gasteiger partial charge on any atom is 0.227 e. The third-order valence-corrected chi connectivity index (χ3v) is 4.55. The van der Waals surface area contributed by atoms with Gasteiger partial charge in [-0.25, -0.2) is 0 Å². The first-order chi connectivity index (χ1) is 9.10. The molecule has 0 heterocycles. The second-order valence-electron chi connectivity index (χ2n) is 5.07. The first kappa shape index (κ1) is 14.8. The molecule has 5 heteroatoms. The molecule has 1 amide bonds. The molecular formula is C14H18BrClN2O. The van der Waals surface area contributed by atoms with E-state index in [0.29, 0.717) is 16.6 Å². The Balaban J connectivity index is 1.94. The fraction of sp³-hybridized carbons (Fsp3) is 0.500. The average molecular weight is 346 g/mol. The topological polar surface area (TPSA) is 55.1 Å². The Morgan fingerprint density at radius 3 is 2.63 bits per heavy atom. The molecule has 1 aromatic rings. The predicted octanol–water partition coefficient (Wildman–Crippen LogP) is 3.81. The number of nitrogens with one attached hydrogen (secondary N) is 1. The van der Waals surface area contributed by atoms with Crippen LogP contribution in [0.3, 0.4) is 0 Å². The van der Waals surface area contributed by atoms with E-state index in [2.05, 4.69) is 21.2 Å². The van der Waals surface area contributed by atoms with E-state index in [0.717, 1.165) is 36.7 Å². The number of halogens is 2. The van der Waals surface area contributed by atoms with Crippen LogP contribution in [-0.2, 0) is 4.79 Å². The fourth-order valence-electron chi connectivity index (χ4n) is 2.49. The lowest BCUT2D eigenvalue weighted by Gasteiger charge is -2.26. The Kier molecular flexibility index (Phi) is 5.25. The van der Waals surface area contributed by atoms with Crippen LogP contribution < -0.4 is 11.1 Å². The van der Waals surface area contributed by atoms with Crippen LogP contribution in [0.4, 0.5) is 5.69 Å².